The number of benzene rings is 2. The van der Waals surface area contributed by atoms with Crippen LogP contribution >= 0.6 is 11.8 Å². The minimum Gasteiger partial charge on any atom is -0.443 e. The van der Waals surface area contributed by atoms with Gasteiger partial charge in [-0.2, -0.15) is 0 Å². The zero-order valence-electron chi connectivity index (χ0n) is 19.6. The lowest BCUT2D eigenvalue weighted by molar-refractivity contribution is -0.113. The Morgan fingerprint density at radius 1 is 1.14 bits per heavy atom. The number of aromatic nitrogens is 1. The van der Waals surface area contributed by atoms with Crippen LogP contribution in [0.25, 0.3) is 10.9 Å². The molecule has 0 radical (unpaired) electrons. The van der Waals surface area contributed by atoms with Gasteiger partial charge in [-0.3, -0.25) is 14.7 Å². The van der Waals surface area contributed by atoms with E-state index in [1.807, 2.05) is 24.3 Å². The lowest BCUT2D eigenvalue weighted by Crippen LogP contribution is -2.45. The van der Waals surface area contributed by atoms with Crippen molar-refractivity contribution in [2.75, 3.05) is 47.0 Å². The zero-order valence-corrected chi connectivity index (χ0v) is 20.4. The van der Waals surface area contributed by atoms with Crippen molar-refractivity contribution in [3.05, 3.63) is 54.5 Å². The predicted molar refractivity (Wildman–Crippen MR) is 138 cm³/mol. The van der Waals surface area contributed by atoms with Gasteiger partial charge in [0.25, 0.3) is 0 Å². The van der Waals surface area contributed by atoms with Crippen LogP contribution in [0.4, 0.5) is 26.2 Å². The lowest BCUT2D eigenvalue weighted by Gasteiger charge is -2.35. The molecule has 6 rings (SSSR count). The summed E-state index contributed by atoms with van der Waals surface area (Å²) in [5.74, 6) is 0.112. The molecule has 3 aliphatic rings. The Labute approximate surface area is 212 Å². The maximum Gasteiger partial charge on any atom is 0.414 e. The lowest BCUT2D eigenvalue weighted by atomic mass is 10.0. The van der Waals surface area contributed by atoms with Crippen LogP contribution in [-0.2, 0) is 9.53 Å². The number of nitrogens with one attached hydrogen (secondary N) is 2. The van der Waals surface area contributed by atoms with E-state index in [0.29, 0.717) is 24.9 Å². The van der Waals surface area contributed by atoms with Gasteiger partial charge >= 0.3 is 6.09 Å². The molecular formula is C26H26FN5O3S. The molecule has 1 aromatic heterocycles. The number of carbonyl (C=O) groups excluding carboxylic acids is 2. The number of anilines is 3. The number of halogens is 1. The molecule has 2 aromatic carbocycles. The largest absolute Gasteiger partial charge is 0.443 e. The summed E-state index contributed by atoms with van der Waals surface area (Å²) in [6, 6.07) is 12.6. The highest BCUT2D eigenvalue weighted by molar-refractivity contribution is 8.00. The van der Waals surface area contributed by atoms with Crippen molar-refractivity contribution in [2.45, 2.75) is 29.9 Å². The average Bonchev–Trinajstić information content (AvgIpc) is 3.27. The number of hydrogen-bond donors (Lipinski definition) is 2. The highest BCUT2D eigenvalue weighted by Gasteiger charge is 2.33. The minimum absolute atomic E-state index is 0.0361. The molecule has 2 saturated heterocycles. The molecular weight excluding hydrogens is 481 g/mol. The van der Waals surface area contributed by atoms with Gasteiger partial charge in [-0.05, 0) is 55.3 Å². The van der Waals surface area contributed by atoms with E-state index in [4.69, 9.17) is 4.74 Å². The van der Waals surface area contributed by atoms with E-state index in [9.17, 15) is 14.0 Å². The van der Waals surface area contributed by atoms with E-state index in [1.54, 1.807) is 23.2 Å². The number of amides is 2. The van der Waals surface area contributed by atoms with Gasteiger partial charge in [0.2, 0.25) is 5.91 Å². The van der Waals surface area contributed by atoms with E-state index >= 15 is 0 Å². The van der Waals surface area contributed by atoms with Gasteiger partial charge < -0.3 is 20.3 Å². The summed E-state index contributed by atoms with van der Waals surface area (Å²) in [6.07, 6.45) is 3.03. The molecule has 10 heteroatoms. The molecule has 1 atom stereocenters. The van der Waals surface area contributed by atoms with Crippen molar-refractivity contribution < 1.29 is 18.7 Å². The van der Waals surface area contributed by atoms with E-state index in [-0.39, 0.29) is 23.9 Å². The molecule has 0 spiro atoms. The predicted octanol–water partition coefficient (Wildman–Crippen LogP) is 4.00. The Bertz CT molecular complexity index is 1330. The van der Waals surface area contributed by atoms with Crippen LogP contribution in [0.3, 0.4) is 0 Å². The number of piperidine rings is 1. The first-order chi connectivity index (χ1) is 17.5. The number of thioether (sulfide) groups is 1. The van der Waals surface area contributed by atoms with E-state index < -0.39 is 0 Å². The third-order valence-corrected chi connectivity index (χ3v) is 8.01. The fourth-order valence-corrected chi connectivity index (χ4v) is 5.87. The SMILES string of the molecule is O=C1CSc2ccc(N3C[C@@H](CNC4CCN(c5ccnc6ccc(F)cc56)CC4)OC3=O)cc2N1. The first kappa shape index (κ1) is 23.1. The second-order valence-corrected chi connectivity index (χ2v) is 10.3. The summed E-state index contributed by atoms with van der Waals surface area (Å²) in [6.45, 7) is 2.73. The second-order valence-electron chi connectivity index (χ2n) is 9.29. The molecule has 4 heterocycles. The summed E-state index contributed by atoms with van der Waals surface area (Å²) >= 11 is 1.49. The zero-order chi connectivity index (χ0) is 24.6. The van der Waals surface area contributed by atoms with Crippen molar-refractivity contribution in [1.82, 2.24) is 10.3 Å². The summed E-state index contributed by atoms with van der Waals surface area (Å²) in [5.41, 5.74) is 3.26. The molecule has 186 valence electrons. The fraction of sp³-hybridized carbons (Fsp3) is 0.346. The van der Waals surface area contributed by atoms with Crippen molar-refractivity contribution >= 4 is 51.7 Å². The Balaban J connectivity index is 1.04. The van der Waals surface area contributed by atoms with Crippen LogP contribution in [0.1, 0.15) is 12.8 Å². The van der Waals surface area contributed by atoms with Gasteiger partial charge in [-0.25, -0.2) is 9.18 Å². The molecule has 2 N–H and O–H groups in total. The Kier molecular flexibility index (Phi) is 6.14. The van der Waals surface area contributed by atoms with E-state index in [2.05, 4.69) is 20.5 Å². The molecule has 3 aliphatic heterocycles. The fourth-order valence-electron chi connectivity index (χ4n) is 5.08. The molecule has 0 unspecified atom stereocenters. The summed E-state index contributed by atoms with van der Waals surface area (Å²) in [5, 5.41) is 7.27. The van der Waals surface area contributed by atoms with Crippen LogP contribution in [0.5, 0.6) is 0 Å². The van der Waals surface area contributed by atoms with E-state index in [1.165, 1.54) is 17.8 Å². The van der Waals surface area contributed by atoms with Crippen LogP contribution < -0.4 is 20.4 Å². The number of ether oxygens (including phenoxy) is 1. The average molecular weight is 508 g/mol. The van der Waals surface area contributed by atoms with Crippen LogP contribution in [0, 0.1) is 5.82 Å². The van der Waals surface area contributed by atoms with E-state index in [0.717, 1.165) is 58.8 Å². The number of hydrogen-bond acceptors (Lipinski definition) is 7. The molecule has 36 heavy (non-hydrogen) atoms. The molecule has 2 fully saturated rings. The number of carbonyl (C=O) groups is 2. The smallest absolute Gasteiger partial charge is 0.414 e. The quantitative estimate of drug-likeness (QED) is 0.540. The summed E-state index contributed by atoms with van der Waals surface area (Å²) < 4.78 is 19.4. The molecule has 0 aliphatic carbocycles. The number of pyridine rings is 1. The van der Waals surface area contributed by atoms with Crippen molar-refractivity contribution in [1.29, 1.82) is 0 Å². The van der Waals surface area contributed by atoms with Gasteiger partial charge in [-0.1, -0.05) is 0 Å². The number of cyclic esters (lactones) is 1. The van der Waals surface area contributed by atoms with Crippen LogP contribution in [0.15, 0.2) is 53.6 Å². The molecule has 3 aromatic rings. The highest BCUT2D eigenvalue weighted by Crippen LogP contribution is 2.35. The van der Waals surface area contributed by atoms with Gasteiger partial charge in [-0.15, -0.1) is 11.8 Å². The van der Waals surface area contributed by atoms with Crippen molar-refractivity contribution in [2.24, 2.45) is 0 Å². The topological polar surface area (TPSA) is 86.8 Å². The second kappa shape index (κ2) is 9.59. The maximum atomic E-state index is 13.8. The summed E-state index contributed by atoms with van der Waals surface area (Å²) in [7, 11) is 0. The number of nitrogens with zero attached hydrogens (tertiary/aromatic N) is 3. The first-order valence-corrected chi connectivity index (χ1v) is 13.1. The van der Waals surface area contributed by atoms with Crippen molar-refractivity contribution in [3.63, 3.8) is 0 Å². The normalized spacial score (nSPS) is 20.4. The first-order valence-electron chi connectivity index (χ1n) is 12.1. The summed E-state index contributed by atoms with van der Waals surface area (Å²) in [4.78, 5) is 33.5. The van der Waals surface area contributed by atoms with Gasteiger partial charge in [0.15, 0.2) is 0 Å². The number of rotatable bonds is 5. The number of fused-ring (bicyclic) bond motifs is 2. The maximum absolute atomic E-state index is 13.8. The molecule has 0 saturated carbocycles. The van der Waals surface area contributed by atoms with Crippen molar-refractivity contribution in [3.8, 4) is 0 Å². The molecule has 0 bridgehead atoms. The highest BCUT2D eigenvalue weighted by atomic mass is 32.2. The standard InChI is InChI=1S/C26H26FN5O3S/c27-16-1-3-21-20(11-16)23(5-8-28-21)31-9-6-17(7-10-31)29-13-19-14-32(26(34)35-19)18-2-4-24-22(12-18)30-25(33)15-36-24/h1-5,8,11-12,17,19,29H,6-7,9-10,13-15H2,(H,30,33)/t19-/m1/s1. The Hall–Kier alpha value is -3.37. The van der Waals surface area contributed by atoms with Gasteiger partial charge in [0, 0.05) is 53.5 Å². The third kappa shape index (κ3) is 4.58. The van der Waals surface area contributed by atoms with Gasteiger partial charge in [0.1, 0.15) is 11.9 Å². The molecule has 8 nitrogen and oxygen atoms in total. The van der Waals surface area contributed by atoms with Crippen LogP contribution in [0.2, 0.25) is 0 Å². The van der Waals surface area contributed by atoms with Crippen LogP contribution in [-0.4, -0.2) is 61.1 Å². The Morgan fingerprint density at radius 2 is 2.00 bits per heavy atom. The monoisotopic (exact) mass is 507 g/mol. The minimum atomic E-state index is -0.372. The Morgan fingerprint density at radius 3 is 2.86 bits per heavy atom. The third-order valence-electron chi connectivity index (χ3n) is 6.93. The molecule has 2 amide bonds. The van der Waals surface area contributed by atoms with Gasteiger partial charge in [0.05, 0.1) is 23.5 Å².